The average molecular weight is 419 g/mol. The second-order valence-corrected chi connectivity index (χ2v) is 11.8. The maximum absolute atomic E-state index is 10.1. The summed E-state index contributed by atoms with van der Waals surface area (Å²) in [6.45, 7) is 13.0. The van der Waals surface area contributed by atoms with E-state index in [1.807, 2.05) is 25.6 Å². The van der Waals surface area contributed by atoms with Crippen molar-refractivity contribution in [1.82, 2.24) is 0 Å². The third-order valence-corrected chi connectivity index (χ3v) is 9.09. The lowest BCUT2D eigenvalue weighted by Gasteiger charge is -2.44. The van der Waals surface area contributed by atoms with Gasteiger partial charge in [-0.25, -0.2) is 0 Å². The number of fused-ring (bicyclic) bond motifs is 1. The lowest BCUT2D eigenvalue weighted by Crippen LogP contribution is -2.36. The fourth-order valence-corrected chi connectivity index (χ4v) is 7.37. The number of allylic oxidation sites excluding steroid dienone is 3. The van der Waals surface area contributed by atoms with Crippen LogP contribution in [0.5, 0.6) is 0 Å². The molecule has 3 fully saturated rings. The Morgan fingerprint density at radius 1 is 1.31 bits per heavy atom. The minimum Gasteiger partial charge on any atom is -0.390 e. The van der Waals surface area contributed by atoms with Crippen LogP contribution in [0.2, 0.25) is 0 Å². The van der Waals surface area contributed by atoms with Gasteiger partial charge < -0.3 is 10.2 Å². The Morgan fingerprint density at radius 3 is 2.79 bits per heavy atom. The summed E-state index contributed by atoms with van der Waals surface area (Å²) in [7, 11) is 0. The van der Waals surface area contributed by atoms with E-state index in [4.69, 9.17) is 0 Å². The van der Waals surface area contributed by atoms with Gasteiger partial charge in [-0.05, 0) is 86.7 Å². The van der Waals surface area contributed by atoms with Gasteiger partial charge in [0.05, 0.1) is 11.7 Å². The highest BCUT2D eigenvalue weighted by molar-refractivity contribution is 7.99. The second-order valence-electron chi connectivity index (χ2n) is 10.8. The molecule has 3 aliphatic rings. The molecule has 0 amide bonds. The molecule has 1 saturated heterocycles. The largest absolute Gasteiger partial charge is 0.390 e. The molecular formula is C26H42O2S. The standard InChI is InChI=1S/C26H42O2S/c1-18(8-6-14-25(3,4)28)22-12-13-23-20(9-7-15-26(22,23)5)10-11-21-16-29-17-24(27)19(21)2/h10-11,18,22-24,27-28H,2,6-9,12-17H2,1,3-5H3/b20-10+,21-11-/t18-,22-,23+,24+,26-/m1/s1. The van der Waals surface area contributed by atoms with Crippen molar-refractivity contribution in [3.05, 3.63) is 35.5 Å². The minimum absolute atomic E-state index is 0.379. The average Bonchev–Trinajstić information content (AvgIpc) is 2.99. The van der Waals surface area contributed by atoms with Crippen LogP contribution in [0.4, 0.5) is 0 Å². The van der Waals surface area contributed by atoms with Crippen LogP contribution in [-0.2, 0) is 0 Å². The highest BCUT2D eigenvalue weighted by atomic mass is 32.2. The van der Waals surface area contributed by atoms with Crippen LogP contribution in [-0.4, -0.2) is 33.4 Å². The molecule has 0 unspecified atom stereocenters. The monoisotopic (exact) mass is 418 g/mol. The Bertz CT molecular complexity index is 656. The van der Waals surface area contributed by atoms with Gasteiger partial charge in [-0.3, -0.25) is 0 Å². The highest BCUT2D eigenvalue weighted by Gasteiger charge is 2.50. The van der Waals surface area contributed by atoms with E-state index in [1.165, 1.54) is 44.1 Å². The molecule has 2 nitrogen and oxygen atoms in total. The Kier molecular flexibility index (Phi) is 7.44. The molecule has 2 aliphatic carbocycles. The van der Waals surface area contributed by atoms with Gasteiger partial charge in [0.1, 0.15) is 0 Å². The number of hydrogen-bond acceptors (Lipinski definition) is 3. The molecule has 164 valence electrons. The molecular weight excluding hydrogens is 376 g/mol. The smallest absolute Gasteiger partial charge is 0.0877 e. The maximum Gasteiger partial charge on any atom is 0.0877 e. The molecule has 0 bridgehead atoms. The first-order chi connectivity index (χ1) is 13.6. The number of thioether (sulfide) groups is 1. The SMILES string of the molecule is C=C1/C(=C\C=C2/CCC[C@]3(C)[C@@H]([C@H](C)CCCC(C)(C)O)CC[C@@H]23)CSC[C@@H]1O. The van der Waals surface area contributed by atoms with Gasteiger partial charge in [-0.1, -0.05) is 51.0 Å². The van der Waals surface area contributed by atoms with Crippen LogP contribution in [0.1, 0.15) is 79.1 Å². The number of aliphatic hydroxyl groups excluding tert-OH is 1. The summed E-state index contributed by atoms with van der Waals surface area (Å²) in [6, 6.07) is 0. The highest BCUT2D eigenvalue weighted by Crippen LogP contribution is 2.59. The van der Waals surface area contributed by atoms with Crippen molar-refractivity contribution in [3.8, 4) is 0 Å². The van der Waals surface area contributed by atoms with E-state index in [1.54, 1.807) is 5.57 Å². The first kappa shape index (κ1) is 23.2. The Balaban J connectivity index is 1.68. The first-order valence-corrected chi connectivity index (χ1v) is 12.8. The van der Waals surface area contributed by atoms with E-state index in [-0.39, 0.29) is 6.10 Å². The van der Waals surface area contributed by atoms with Gasteiger partial charge in [0, 0.05) is 11.5 Å². The fraction of sp³-hybridized carbons (Fsp3) is 0.769. The van der Waals surface area contributed by atoms with Gasteiger partial charge in [0.2, 0.25) is 0 Å². The summed E-state index contributed by atoms with van der Waals surface area (Å²) in [4.78, 5) is 0. The van der Waals surface area contributed by atoms with E-state index < -0.39 is 5.60 Å². The molecule has 3 heteroatoms. The zero-order chi connectivity index (χ0) is 21.2. The van der Waals surface area contributed by atoms with E-state index in [9.17, 15) is 10.2 Å². The van der Waals surface area contributed by atoms with E-state index in [0.29, 0.717) is 11.3 Å². The van der Waals surface area contributed by atoms with Crippen LogP contribution < -0.4 is 0 Å². The number of hydrogen-bond donors (Lipinski definition) is 2. The molecule has 5 atom stereocenters. The summed E-state index contributed by atoms with van der Waals surface area (Å²) in [5.41, 5.74) is 3.67. The summed E-state index contributed by atoms with van der Waals surface area (Å²) in [5.74, 6) is 4.00. The molecule has 1 heterocycles. The van der Waals surface area contributed by atoms with Crippen molar-refractivity contribution >= 4 is 11.8 Å². The Labute approximate surface area is 182 Å². The second kappa shape index (κ2) is 9.32. The summed E-state index contributed by atoms with van der Waals surface area (Å²) >= 11 is 1.81. The van der Waals surface area contributed by atoms with Crippen molar-refractivity contribution in [2.75, 3.05) is 11.5 Å². The van der Waals surface area contributed by atoms with Crippen LogP contribution in [0.3, 0.4) is 0 Å². The third-order valence-electron chi connectivity index (χ3n) is 8.02. The number of aliphatic hydroxyl groups is 2. The Morgan fingerprint density at radius 2 is 2.07 bits per heavy atom. The first-order valence-electron chi connectivity index (χ1n) is 11.7. The van der Waals surface area contributed by atoms with E-state index in [0.717, 1.165) is 41.8 Å². The Hall–Kier alpha value is -0.510. The molecule has 1 aliphatic heterocycles. The predicted molar refractivity (Wildman–Crippen MR) is 126 cm³/mol. The van der Waals surface area contributed by atoms with Crippen LogP contribution in [0.25, 0.3) is 0 Å². The van der Waals surface area contributed by atoms with Crippen LogP contribution in [0, 0.1) is 23.2 Å². The van der Waals surface area contributed by atoms with Gasteiger partial charge >= 0.3 is 0 Å². The topological polar surface area (TPSA) is 40.5 Å². The molecule has 3 rings (SSSR count). The van der Waals surface area contributed by atoms with Crippen LogP contribution in [0.15, 0.2) is 35.5 Å². The maximum atomic E-state index is 10.1. The molecule has 2 N–H and O–H groups in total. The summed E-state index contributed by atoms with van der Waals surface area (Å²) < 4.78 is 0. The molecule has 0 aromatic heterocycles. The fourth-order valence-electron chi connectivity index (χ4n) is 6.32. The molecule has 0 radical (unpaired) electrons. The van der Waals surface area contributed by atoms with Crippen molar-refractivity contribution < 1.29 is 10.2 Å². The lowest BCUT2D eigenvalue weighted by molar-refractivity contribution is 0.0596. The van der Waals surface area contributed by atoms with Crippen molar-refractivity contribution in [2.24, 2.45) is 23.2 Å². The molecule has 2 saturated carbocycles. The van der Waals surface area contributed by atoms with E-state index >= 15 is 0 Å². The van der Waals surface area contributed by atoms with Crippen LogP contribution >= 0.6 is 11.8 Å². The molecule has 0 aromatic rings. The zero-order valence-corrected chi connectivity index (χ0v) is 19.9. The predicted octanol–water partition coefficient (Wildman–Crippen LogP) is 6.30. The summed E-state index contributed by atoms with van der Waals surface area (Å²) in [5, 5.41) is 20.1. The van der Waals surface area contributed by atoms with Crippen molar-refractivity contribution in [2.45, 2.75) is 90.8 Å². The molecule has 29 heavy (non-hydrogen) atoms. The van der Waals surface area contributed by atoms with Gasteiger partial charge in [-0.15, -0.1) is 0 Å². The zero-order valence-electron chi connectivity index (χ0n) is 19.0. The lowest BCUT2D eigenvalue weighted by atomic mass is 9.60. The van der Waals surface area contributed by atoms with Gasteiger partial charge in [0.25, 0.3) is 0 Å². The number of rotatable bonds is 6. The van der Waals surface area contributed by atoms with Crippen molar-refractivity contribution in [1.29, 1.82) is 0 Å². The molecule has 0 spiro atoms. The normalized spacial score (nSPS) is 37.2. The summed E-state index contributed by atoms with van der Waals surface area (Å²) in [6.07, 6.45) is 14.1. The van der Waals surface area contributed by atoms with Gasteiger partial charge in [-0.2, -0.15) is 11.8 Å². The third kappa shape index (κ3) is 5.40. The van der Waals surface area contributed by atoms with E-state index in [2.05, 4.69) is 32.6 Å². The quantitative estimate of drug-likeness (QED) is 0.532. The minimum atomic E-state index is -0.537. The molecule has 0 aromatic carbocycles. The van der Waals surface area contributed by atoms with Gasteiger partial charge in [0.15, 0.2) is 0 Å². The van der Waals surface area contributed by atoms with Crippen molar-refractivity contribution in [3.63, 3.8) is 0 Å².